The van der Waals surface area contributed by atoms with Gasteiger partial charge in [-0.2, -0.15) is 0 Å². The Hall–Kier alpha value is -2.60. The molecular formula is C17H12BrNO4. The zero-order valence-electron chi connectivity index (χ0n) is 12.1. The van der Waals surface area contributed by atoms with Crippen LogP contribution in [0.15, 0.2) is 57.5 Å². The van der Waals surface area contributed by atoms with Crippen molar-refractivity contribution in [3.8, 4) is 22.8 Å². The van der Waals surface area contributed by atoms with Crippen LogP contribution in [-0.4, -0.2) is 16.2 Å². The van der Waals surface area contributed by atoms with Crippen LogP contribution in [0.1, 0.15) is 16.1 Å². The second-order valence-electron chi connectivity index (χ2n) is 4.85. The molecule has 0 saturated carbocycles. The average molecular weight is 374 g/mol. The molecule has 0 saturated heterocycles. The van der Waals surface area contributed by atoms with E-state index in [1.165, 1.54) is 0 Å². The van der Waals surface area contributed by atoms with Crippen molar-refractivity contribution in [1.29, 1.82) is 0 Å². The molecule has 0 aliphatic rings. The third-order valence-electron chi connectivity index (χ3n) is 3.25. The maximum absolute atomic E-state index is 11.3. The molecule has 0 radical (unpaired) electrons. The van der Waals surface area contributed by atoms with Crippen molar-refractivity contribution in [3.05, 3.63) is 64.3 Å². The topological polar surface area (TPSA) is 72.6 Å². The van der Waals surface area contributed by atoms with E-state index in [0.29, 0.717) is 22.8 Å². The van der Waals surface area contributed by atoms with Crippen LogP contribution < -0.4 is 4.74 Å². The van der Waals surface area contributed by atoms with Crippen LogP contribution >= 0.6 is 15.9 Å². The molecule has 116 valence electrons. The van der Waals surface area contributed by atoms with E-state index in [1.807, 2.05) is 24.3 Å². The summed E-state index contributed by atoms with van der Waals surface area (Å²) in [5.74, 6) is 0.578. The number of hydrogen-bond acceptors (Lipinski definition) is 4. The van der Waals surface area contributed by atoms with E-state index in [2.05, 4.69) is 21.1 Å². The van der Waals surface area contributed by atoms with Gasteiger partial charge < -0.3 is 14.4 Å². The monoisotopic (exact) mass is 373 g/mol. The first-order valence-corrected chi connectivity index (χ1v) is 7.57. The molecule has 2 aromatic carbocycles. The Kier molecular flexibility index (Phi) is 4.16. The number of ether oxygens (including phenoxy) is 1. The van der Waals surface area contributed by atoms with Gasteiger partial charge in [-0.1, -0.05) is 21.1 Å². The highest BCUT2D eigenvalue weighted by atomic mass is 79.9. The molecule has 0 aliphatic carbocycles. The normalized spacial score (nSPS) is 10.5. The number of nitrogens with zero attached hydrogens (tertiary/aromatic N) is 1. The van der Waals surface area contributed by atoms with Crippen LogP contribution in [0.4, 0.5) is 0 Å². The van der Waals surface area contributed by atoms with Crippen molar-refractivity contribution in [3.63, 3.8) is 0 Å². The lowest BCUT2D eigenvalue weighted by Gasteiger charge is -2.06. The molecule has 1 heterocycles. The van der Waals surface area contributed by atoms with Crippen LogP contribution in [0.2, 0.25) is 0 Å². The fourth-order valence-corrected chi connectivity index (χ4v) is 2.40. The summed E-state index contributed by atoms with van der Waals surface area (Å²) in [6.45, 7) is 1.57. The molecule has 0 unspecified atom stereocenters. The van der Waals surface area contributed by atoms with E-state index < -0.39 is 5.97 Å². The van der Waals surface area contributed by atoms with Crippen molar-refractivity contribution < 1.29 is 19.2 Å². The van der Waals surface area contributed by atoms with Gasteiger partial charge in [0.25, 0.3) is 0 Å². The summed E-state index contributed by atoms with van der Waals surface area (Å²) in [5.41, 5.74) is 1.04. The first kappa shape index (κ1) is 15.3. The number of aromatic carboxylic acids is 1. The lowest BCUT2D eigenvalue weighted by Crippen LogP contribution is -1.99. The molecule has 0 fully saturated rings. The third-order valence-corrected chi connectivity index (χ3v) is 3.78. The van der Waals surface area contributed by atoms with Gasteiger partial charge in [0.05, 0.1) is 0 Å². The van der Waals surface area contributed by atoms with Gasteiger partial charge in [-0.05, 0) is 55.5 Å². The predicted octanol–water partition coefficient (Wildman–Crippen LogP) is 4.90. The van der Waals surface area contributed by atoms with Gasteiger partial charge in [-0.3, -0.25) is 0 Å². The van der Waals surface area contributed by atoms with Gasteiger partial charge in [0.1, 0.15) is 28.5 Å². The van der Waals surface area contributed by atoms with Gasteiger partial charge in [0.2, 0.25) is 0 Å². The van der Waals surface area contributed by atoms with Crippen LogP contribution in [0.5, 0.6) is 11.5 Å². The summed E-state index contributed by atoms with van der Waals surface area (Å²) in [5, 5.41) is 13.1. The summed E-state index contributed by atoms with van der Waals surface area (Å²) >= 11 is 3.37. The summed E-state index contributed by atoms with van der Waals surface area (Å²) in [6.07, 6.45) is 0. The lowest BCUT2D eigenvalue weighted by molar-refractivity contribution is 0.0696. The van der Waals surface area contributed by atoms with Crippen molar-refractivity contribution in [2.24, 2.45) is 0 Å². The van der Waals surface area contributed by atoms with Gasteiger partial charge in [-0.25, -0.2) is 4.79 Å². The molecule has 3 rings (SSSR count). The van der Waals surface area contributed by atoms with Gasteiger partial charge >= 0.3 is 5.97 Å². The third kappa shape index (κ3) is 3.27. The van der Waals surface area contributed by atoms with E-state index in [-0.39, 0.29) is 11.3 Å². The van der Waals surface area contributed by atoms with Crippen LogP contribution in [0, 0.1) is 6.92 Å². The largest absolute Gasteiger partial charge is 0.477 e. The number of halogens is 1. The predicted molar refractivity (Wildman–Crippen MR) is 87.9 cm³/mol. The highest BCUT2D eigenvalue weighted by molar-refractivity contribution is 9.10. The van der Waals surface area contributed by atoms with Crippen molar-refractivity contribution in [2.75, 3.05) is 0 Å². The van der Waals surface area contributed by atoms with Gasteiger partial charge in [0.15, 0.2) is 0 Å². The van der Waals surface area contributed by atoms with E-state index >= 15 is 0 Å². The Morgan fingerprint density at radius 1 is 1.09 bits per heavy atom. The zero-order valence-corrected chi connectivity index (χ0v) is 13.7. The fraction of sp³-hybridized carbons (Fsp3) is 0.0588. The first-order chi connectivity index (χ1) is 11.0. The number of hydrogen-bond donors (Lipinski definition) is 1. The first-order valence-electron chi connectivity index (χ1n) is 6.78. The summed E-state index contributed by atoms with van der Waals surface area (Å²) in [7, 11) is 0. The highest BCUT2D eigenvalue weighted by Crippen LogP contribution is 2.29. The number of carbonyl (C=O) groups is 1. The smallest absolute Gasteiger partial charge is 0.341 e. The molecule has 3 aromatic rings. The number of carboxylic acid groups (broad SMARTS) is 1. The Bertz CT molecular complexity index is 838. The average Bonchev–Trinajstić information content (AvgIpc) is 2.92. The minimum atomic E-state index is -1.06. The minimum absolute atomic E-state index is 0.0755. The van der Waals surface area contributed by atoms with Crippen LogP contribution in [-0.2, 0) is 0 Å². The fourth-order valence-electron chi connectivity index (χ4n) is 2.14. The van der Waals surface area contributed by atoms with E-state index in [4.69, 9.17) is 9.26 Å². The number of carboxylic acids is 1. The molecule has 0 bridgehead atoms. The Morgan fingerprint density at radius 2 is 1.65 bits per heavy atom. The second-order valence-corrected chi connectivity index (χ2v) is 5.76. The van der Waals surface area contributed by atoms with Crippen LogP contribution in [0.3, 0.4) is 0 Å². The van der Waals surface area contributed by atoms with Gasteiger partial charge in [-0.15, -0.1) is 0 Å². The molecule has 1 N–H and O–H groups in total. The van der Waals surface area contributed by atoms with Gasteiger partial charge in [0, 0.05) is 10.0 Å². The van der Waals surface area contributed by atoms with Crippen molar-refractivity contribution in [2.45, 2.75) is 6.92 Å². The van der Waals surface area contributed by atoms with Crippen LogP contribution in [0.25, 0.3) is 11.3 Å². The molecule has 5 nitrogen and oxygen atoms in total. The Labute approximate surface area is 140 Å². The number of aromatic nitrogens is 1. The molecule has 6 heteroatoms. The SMILES string of the molecule is Cc1onc(-c2ccc(Oc3ccc(Br)cc3)cc2)c1C(=O)O. The second kappa shape index (κ2) is 6.26. The number of rotatable bonds is 4. The molecule has 0 aliphatic heterocycles. The molecule has 0 spiro atoms. The molecular weight excluding hydrogens is 362 g/mol. The highest BCUT2D eigenvalue weighted by Gasteiger charge is 2.20. The quantitative estimate of drug-likeness (QED) is 0.703. The van der Waals surface area contributed by atoms with E-state index in [1.54, 1.807) is 31.2 Å². The molecule has 23 heavy (non-hydrogen) atoms. The standard InChI is InChI=1S/C17H12BrNO4/c1-10-15(17(20)21)16(19-23-10)11-2-6-13(7-3-11)22-14-8-4-12(18)5-9-14/h2-9H,1H3,(H,20,21). The summed E-state index contributed by atoms with van der Waals surface area (Å²) in [6, 6.07) is 14.5. The van der Waals surface area contributed by atoms with Crippen molar-refractivity contribution >= 4 is 21.9 Å². The molecule has 0 atom stereocenters. The molecule has 0 amide bonds. The van der Waals surface area contributed by atoms with E-state index in [9.17, 15) is 9.90 Å². The van der Waals surface area contributed by atoms with Crippen molar-refractivity contribution in [1.82, 2.24) is 5.16 Å². The lowest BCUT2D eigenvalue weighted by atomic mass is 10.1. The zero-order chi connectivity index (χ0) is 16.4. The summed E-state index contributed by atoms with van der Waals surface area (Å²) < 4.78 is 11.7. The Morgan fingerprint density at radius 3 is 2.22 bits per heavy atom. The molecule has 1 aromatic heterocycles. The number of benzene rings is 2. The maximum Gasteiger partial charge on any atom is 0.341 e. The summed E-state index contributed by atoms with van der Waals surface area (Å²) in [4.78, 5) is 11.3. The minimum Gasteiger partial charge on any atom is -0.477 e. The number of aryl methyl sites for hydroxylation is 1. The van der Waals surface area contributed by atoms with E-state index in [0.717, 1.165) is 4.47 Å². The Balaban J connectivity index is 1.85. The maximum atomic E-state index is 11.3.